The first kappa shape index (κ1) is 17.9. The molecule has 1 aromatic carbocycles. The molecular weight excluding hydrogens is 314 g/mol. The topological polar surface area (TPSA) is 43.9 Å². The number of rotatable bonds is 4. The minimum atomic E-state index is -0.194. The molecule has 0 spiro atoms. The lowest BCUT2D eigenvalue weighted by molar-refractivity contribution is -0.140. The SMILES string of the molecule is CC(C)CN1C[C@@H](C(=O)N2CCN(C)C[C@@H]2c2ccccc2)CC1=O. The molecule has 2 saturated heterocycles. The quantitative estimate of drug-likeness (QED) is 0.840. The molecule has 0 aromatic heterocycles. The van der Waals surface area contributed by atoms with Gasteiger partial charge in [-0.3, -0.25) is 9.59 Å². The molecule has 2 atom stereocenters. The van der Waals surface area contributed by atoms with Gasteiger partial charge in [-0.2, -0.15) is 0 Å². The molecule has 0 aliphatic carbocycles. The average molecular weight is 343 g/mol. The van der Waals surface area contributed by atoms with Crippen LogP contribution in [0, 0.1) is 11.8 Å². The van der Waals surface area contributed by atoms with E-state index in [2.05, 4.69) is 37.9 Å². The highest BCUT2D eigenvalue weighted by atomic mass is 16.2. The van der Waals surface area contributed by atoms with Crippen molar-refractivity contribution >= 4 is 11.8 Å². The Labute approximate surface area is 150 Å². The molecule has 2 aliphatic heterocycles. The highest BCUT2D eigenvalue weighted by Gasteiger charge is 2.40. The predicted octanol–water partition coefficient (Wildman–Crippen LogP) is 2.01. The molecular formula is C20H29N3O2. The van der Waals surface area contributed by atoms with Crippen LogP contribution in [0.4, 0.5) is 0 Å². The molecule has 2 fully saturated rings. The van der Waals surface area contributed by atoms with Crippen LogP contribution in [0.3, 0.4) is 0 Å². The van der Waals surface area contributed by atoms with E-state index < -0.39 is 0 Å². The summed E-state index contributed by atoms with van der Waals surface area (Å²) in [6.07, 6.45) is 0.361. The number of likely N-dealkylation sites (N-methyl/N-ethyl adjacent to an activating group) is 1. The fraction of sp³-hybridized carbons (Fsp3) is 0.600. The number of carbonyl (C=O) groups excluding carboxylic acids is 2. The van der Waals surface area contributed by atoms with E-state index in [0.29, 0.717) is 18.9 Å². The summed E-state index contributed by atoms with van der Waals surface area (Å²) < 4.78 is 0. The lowest BCUT2D eigenvalue weighted by atomic mass is 9.99. The Morgan fingerprint density at radius 3 is 2.56 bits per heavy atom. The molecule has 3 rings (SSSR count). The van der Waals surface area contributed by atoms with Crippen molar-refractivity contribution < 1.29 is 9.59 Å². The molecule has 136 valence electrons. The molecule has 25 heavy (non-hydrogen) atoms. The minimum Gasteiger partial charge on any atom is -0.342 e. The van der Waals surface area contributed by atoms with E-state index >= 15 is 0 Å². The smallest absolute Gasteiger partial charge is 0.228 e. The third kappa shape index (κ3) is 4.03. The first-order chi connectivity index (χ1) is 12.0. The van der Waals surface area contributed by atoms with Crippen LogP contribution in [0.2, 0.25) is 0 Å². The molecule has 5 heteroatoms. The van der Waals surface area contributed by atoms with Gasteiger partial charge < -0.3 is 14.7 Å². The van der Waals surface area contributed by atoms with Gasteiger partial charge in [0.2, 0.25) is 11.8 Å². The lowest BCUT2D eigenvalue weighted by Gasteiger charge is -2.41. The summed E-state index contributed by atoms with van der Waals surface area (Å²) in [7, 11) is 2.10. The zero-order chi connectivity index (χ0) is 18.0. The molecule has 0 N–H and O–H groups in total. The number of benzene rings is 1. The normalized spacial score (nSPS) is 25.0. The van der Waals surface area contributed by atoms with Gasteiger partial charge in [0.15, 0.2) is 0 Å². The zero-order valence-electron chi connectivity index (χ0n) is 15.5. The molecule has 2 aliphatic rings. The van der Waals surface area contributed by atoms with Crippen LogP contribution in [-0.2, 0) is 9.59 Å². The van der Waals surface area contributed by atoms with Crippen molar-refractivity contribution in [3.63, 3.8) is 0 Å². The van der Waals surface area contributed by atoms with E-state index in [1.54, 1.807) is 0 Å². The second kappa shape index (κ2) is 7.56. The van der Waals surface area contributed by atoms with Gasteiger partial charge in [-0.15, -0.1) is 0 Å². The number of amides is 2. The van der Waals surface area contributed by atoms with Crippen molar-refractivity contribution in [2.45, 2.75) is 26.3 Å². The Hall–Kier alpha value is -1.88. The second-order valence-corrected chi connectivity index (χ2v) is 7.81. The number of piperazine rings is 1. The van der Waals surface area contributed by atoms with Crippen LogP contribution in [0.25, 0.3) is 0 Å². The Morgan fingerprint density at radius 1 is 1.16 bits per heavy atom. The molecule has 2 heterocycles. The predicted molar refractivity (Wildman–Crippen MR) is 97.9 cm³/mol. The first-order valence-electron chi connectivity index (χ1n) is 9.27. The summed E-state index contributed by atoms with van der Waals surface area (Å²) in [5.41, 5.74) is 1.17. The maximum atomic E-state index is 13.2. The number of hydrogen-bond acceptors (Lipinski definition) is 3. The van der Waals surface area contributed by atoms with Crippen molar-refractivity contribution in [2.75, 3.05) is 39.8 Å². The van der Waals surface area contributed by atoms with Gasteiger partial charge in [0, 0.05) is 39.1 Å². The fourth-order valence-electron chi connectivity index (χ4n) is 3.93. The summed E-state index contributed by atoms with van der Waals surface area (Å²) >= 11 is 0. The van der Waals surface area contributed by atoms with Crippen LogP contribution >= 0.6 is 0 Å². The number of nitrogens with zero attached hydrogens (tertiary/aromatic N) is 3. The van der Waals surface area contributed by atoms with Gasteiger partial charge in [0.1, 0.15) is 0 Å². The van der Waals surface area contributed by atoms with Crippen molar-refractivity contribution in [1.29, 1.82) is 0 Å². The van der Waals surface area contributed by atoms with Crippen molar-refractivity contribution in [3.8, 4) is 0 Å². The van der Waals surface area contributed by atoms with Crippen LogP contribution < -0.4 is 0 Å². The third-order valence-electron chi connectivity index (χ3n) is 5.20. The van der Waals surface area contributed by atoms with Gasteiger partial charge in [-0.1, -0.05) is 44.2 Å². The van der Waals surface area contributed by atoms with Crippen molar-refractivity contribution in [1.82, 2.24) is 14.7 Å². The summed E-state index contributed by atoms with van der Waals surface area (Å²) in [4.78, 5) is 31.6. The van der Waals surface area contributed by atoms with Gasteiger partial charge >= 0.3 is 0 Å². The molecule has 1 aromatic rings. The van der Waals surface area contributed by atoms with Crippen molar-refractivity contribution in [3.05, 3.63) is 35.9 Å². The Balaban J connectivity index is 1.74. The molecule has 0 saturated carbocycles. The van der Waals surface area contributed by atoms with E-state index in [4.69, 9.17) is 0 Å². The number of carbonyl (C=O) groups is 2. The van der Waals surface area contributed by atoms with Gasteiger partial charge in [0.05, 0.1) is 12.0 Å². The van der Waals surface area contributed by atoms with Gasteiger partial charge in [0.25, 0.3) is 0 Å². The monoisotopic (exact) mass is 343 g/mol. The summed E-state index contributed by atoms with van der Waals surface area (Å²) in [5.74, 6) is 0.498. The maximum absolute atomic E-state index is 13.2. The van der Waals surface area contributed by atoms with Gasteiger partial charge in [-0.05, 0) is 18.5 Å². The van der Waals surface area contributed by atoms with Crippen LogP contribution in [-0.4, -0.2) is 66.3 Å². The number of likely N-dealkylation sites (tertiary alicyclic amines) is 1. The largest absolute Gasteiger partial charge is 0.342 e. The molecule has 0 radical (unpaired) electrons. The highest BCUT2D eigenvalue weighted by molar-refractivity contribution is 5.89. The van der Waals surface area contributed by atoms with Crippen LogP contribution in [0.1, 0.15) is 31.9 Å². The van der Waals surface area contributed by atoms with E-state index in [0.717, 1.165) is 26.2 Å². The Morgan fingerprint density at radius 2 is 1.88 bits per heavy atom. The fourth-order valence-corrected chi connectivity index (χ4v) is 3.93. The van der Waals surface area contributed by atoms with E-state index in [1.807, 2.05) is 28.0 Å². The van der Waals surface area contributed by atoms with Gasteiger partial charge in [-0.25, -0.2) is 0 Å². The molecule has 2 amide bonds. The highest BCUT2D eigenvalue weighted by Crippen LogP contribution is 2.29. The molecule has 0 unspecified atom stereocenters. The minimum absolute atomic E-state index is 0.0710. The molecule has 0 bridgehead atoms. The second-order valence-electron chi connectivity index (χ2n) is 7.81. The number of hydrogen-bond donors (Lipinski definition) is 0. The van der Waals surface area contributed by atoms with Crippen LogP contribution in [0.5, 0.6) is 0 Å². The molecule has 5 nitrogen and oxygen atoms in total. The standard InChI is InChI=1S/C20H29N3O2/c1-15(2)12-22-13-17(11-19(22)24)20(25)23-10-9-21(3)14-18(23)16-7-5-4-6-8-16/h4-8,15,17-18H,9-14H2,1-3H3/t17-,18+/m0/s1. The summed E-state index contributed by atoms with van der Waals surface area (Å²) in [6, 6.07) is 10.3. The van der Waals surface area contributed by atoms with Crippen LogP contribution in [0.15, 0.2) is 30.3 Å². The zero-order valence-corrected chi connectivity index (χ0v) is 15.5. The Bertz CT molecular complexity index is 617. The Kier molecular flexibility index (Phi) is 5.42. The average Bonchev–Trinajstić information content (AvgIpc) is 2.95. The van der Waals surface area contributed by atoms with Crippen molar-refractivity contribution in [2.24, 2.45) is 11.8 Å². The summed E-state index contributed by atoms with van der Waals surface area (Å²) in [5, 5.41) is 0. The maximum Gasteiger partial charge on any atom is 0.228 e. The lowest BCUT2D eigenvalue weighted by Crippen LogP contribution is -2.51. The van der Waals surface area contributed by atoms with E-state index in [-0.39, 0.29) is 23.8 Å². The third-order valence-corrected chi connectivity index (χ3v) is 5.20. The summed E-state index contributed by atoms with van der Waals surface area (Å²) in [6.45, 7) is 7.97. The first-order valence-corrected chi connectivity index (χ1v) is 9.27. The van der Waals surface area contributed by atoms with E-state index in [9.17, 15) is 9.59 Å². The van der Waals surface area contributed by atoms with E-state index in [1.165, 1.54) is 5.56 Å².